The molecule has 0 radical (unpaired) electrons. The average Bonchev–Trinajstić information content (AvgIpc) is 3.03. The van der Waals surface area contributed by atoms with Crippen LogP contribution in [0.1, 0.15) is 75.6 Å². The largest absolute Gasteiger partial charge is 0.250 e. The Morgan fingerprint density at radius 2 is 1.32 bits per heavy atom. The minimum Gasteiger partial charge on any atom is -0.250 e. The van der Waals surface area contributed by atoms with Gasteiger partial charge < -0.3 is 0 Å². The maximum absolute atomic E-state index is 5.42. The molecule has 0 bridgehead atoms. The molecule has 2 nitrogen and oxygen atoms in total. The Morgan fingerprint density at radius 3 is 1.90 bits per heavy atom. The summed E-state index contributed by atoms with van der Waals surface area (Å²) in [5, 5.41) is 0. The second kappa shape index (κ2) is 8.26. The third-order valence-electron chi connectivity index (χ3n) is 6.24. The Morgan fingerprint density at radius 1 is 0.742 bits per heavy atom. The molecule has 0 unspecified atom stereocenters. The molecule has 1 heterocycles. The van der Waals surface area contributed by atoms with Crippen LogP contribution >= 0.6 is 0 Å². The summed E-state index contributed by atoms with van der Waals surface area (Å²) in [4.78, 5) is 10.5. The molecule has 0 fully saturated rings. The summed E-state index contributed by atoms with van der Waals surface area (Å²) in [7, 11) is 0. The average molecular weight is 409 g/mol. The maximum atomic E-state index is 5.42. The van der Waals surface area contributed by atoms with E-state index in [1.807, 2.05) is 0 Å². The fraction of sp³-hybridized carbons (Fsp3) is 0.310. The van der Waals surface area contributed by atoms with Gasteiger partial charge in [-0.05, 0) is 48.4 Å². The van der Waals surface area contributed by atoms with Crippen LogP contribution in [0.4, 0.5) is 11.4 Å². The molecule has 0 amide bonds. The lowest BCUT2D eigenvalue weighted by molar-refractivity contribution is 0.743. The molecule has 0 aliphatic carbocycles. The molecule has 0 saturated heterocycles. The monoisotopic (exact) mass is 408 g/mol. The number of fused-ring (bicyclic) bond motifs is 1. The van der Waals surface area contributed by atoms with E-state index < -0.39 is 0 Å². The van der Waals surface area contributed by atoms with Crippen molar-refractivity contribution in [2.24, 2.45) is 9.98 Å². The summed E-state index contributed by atoms with van der Waals surface area (Å²) in [5.41, 5.74) is 8.88. The van der Waals surface area contributed by atoms with E-state index in [-0.39, 0.29) is 5.41 Å². The van der Waals surface area contributed by atoms with E-state index in [0.29, 0.717) is 11.8 Å². The zero-order chi connectivity index (χ0) is 22.2. The highest BCUT2D eigenvalue weighted by Crippen LogP contribution is 2.42. The fourth-order valence-corrected chi connectivity index (χ4v) is 4.44. The van der Waals surface area contributed by atoms with Gasteiger partial charge in [0, 0.05) is 11.0 Å². The van der Waals surface area contributed by atoms with Gasteiger partial charge in [-0.3, -0.25) is 0 Å². The second-order valence-electron chi connectivity index (χ2n) is 9.52. The Bertz CT molecular complexity index is 1120. The van der Waals surface area contributed by atoms with Gasteiger partial charge in [0.25, 0.3) is 0 Å². The Hall–Kier alpha value is -3.00. The van der Waals surface area contributed by atoms with Crippen molar-refractivity contribution in [1.29, 1.82) is 0 Å². The van der Waals surface area contributed by atoms with Crippen molar-refractivity contribution in [1.82, 2.24) is 0 Å². The molecule has 1 aliphatic heterocycles. The van der Waals surface area contributed by atoms with Gasteiger partial charge in [0.1, 0.15) is 0 Å². The van der Waals surface area contributed by atoms with Gasteiger partial charge >= 0.3 is 0 Å². The zero-order valence-electron chi connectivity index (χ0n) is 19.5. The normalized spacial score (nSPS) is 15.4. The van der Waals surface area contributed by atoms with Crippen LogP contribution in [-0.2, 0) is 5.41 Å². The molecule has 3 aromatic rings. The molecule has 0 atom stereocenters. The SMILES string of the molecule is CC(C)c1cccc(C(C)C)c1N=C(C1=Nc2ccccc2C1(C)C)c1ccccc1. The summed E-state index contributed by atoms with van der Waals surface area (Å²) >= 11 is 0. The van der Waals surface area contributed by atoms with E-state index >= 15 is 0 Å². The van der Waals surface area contributed by atoms with Crippen LogP contribution in [0.5, 0.6) is 0 Å². The molecular formula is C29H32N2. The van der Waals surface area contributed by atoms with Crippen molar-refractivity contribution < 1.29 is 0 Å². The number of nitrogens with zero attached hydrogens (tertiary/aromatic N) is 2. The zero-order valence-corrected chi connectivity index (χ0v) is 19.5. The summed E-state index contributed by atoms with van der Waals surface area (Å²) in [6, 6.07) is 25.6. The molecule has 0 N–H and O–H groups in total. The first-order chi connectivity index (χ1) is 14.8. The van der Waals surface area contributed by atoms with Crippen LogP contribution in [-0.4, -0.2) is 11.4 Å². The molecule has 31 heavy (non-hydrogen) atoms. The lowest BCUT2D eigenvalue weighted by Gasteiger charge is -2.25. The first-order valence-corrected chi connectivity index (χ1v) is 11.3. The van der Waals surface area contributed by atoms with Gasteiger partial charge in [-0.1, -0.05) is 94.4 Å². The highest BCUT2D eigenvalue weighted by atomic mass is 14.9. The lowest BCUT2D eigenvalue weighted by atomic mass is 9.78. The number of hydrogen-bond acceptors (Lipinski definition) is 2. The minimum absolute atomic E-state index is 0.212. The summed E-state index contributed by atoms with van der Waals surface area (Å²) in [5.74, 6) is 0.787. The van der Waals surface area contributed by atoms with Crippen LogP contribution in [0.25, 0.3) is 0 Å². The molecule has 158 valence electrons. The van der Waals surface area contributed by atoms with Crippen LogP contribution in [0.2, 0.25) is 0 Å². The first-order valence-electron chi connectivity index (χ1n) is 11.3. The molecule has 1 aliphatic rings. The highest BCUT2D eigenvalue weighted by molar-refractivity contribution is 6.52. The molecular weight excluding hydrogens is 376 g/mol. The van der Waals surface area contributed by atoms with Crippen LogP contribution in [0, 0.1) is 0 Å². The molecule has 0 aromatic heterocycles. The third kappa shape index (κ3) is 3.87. The topological polar surface area (TPSA) is 24.7 Å². The summed E-state index contributed by atoms with van der Waals surface area (Å²) < 4.78 is 0. The highest BCUT2D eigenvalue weighted by Gasteiger charge is 2.38. The standard InChI is InChI=1S/C29H32N2/c1-19(2)22-15-12-16-23(20(3)4)27(22)31-26(21-13-8-7-9-14-21)28-29(5,6)24-17-10-11-18-25(24)30-28/h7-20H,1-6H3. The summed E-state index contributed by atoms with van der Waals surface area (Å²) in [6.45, 7) is 13.5. The van der Waals surface area contributed by atoms with Gasteiger partial charge in [0.2, 0.25) is 0 Å². The molecule has 2 heteroatoms. The van der Waals surface area contributed by atoms with Crippen LogP contribution in [0.3, 0.4) is 0 Å². The van der Waals surface area contributed by atoms with Crippen molar-refractivity contribution in [3.63, 3.8) is 0 Å². The lowest BCUT2D eigenvalue weighted by Crippen LogP contribution is -2.33. The first kappa shape index (κ1) is 21.2. The number of benzene rings is 3. The van der Waals surface area contributed by atoms with Crippen molar-refractivity contribution in [2.75, 3.05) is 0 Å². The third-order valence-corrected chi connectivity index (χ3v) is 6.24. The van der Waals surface area contributed by atoms with Gasteiger partial charge in [0.05, 0.1) is 22.8 Å². The van der Waals surface area contributed by atoms with Gasteiger partial charge in [-0.2, -0.15) is 0 Å². The van der Waals surface area contributed by atoms with E-state index in [4.69, 9.17) is 9.98 Å². The molecule has 4 rings (SSSR count). The number of para-hydroxylation sites is 2. The summed E-state index contributed by atoms with van der Waals surface area (Å²) in [6.07, 6.45) is 0. The van der Waals surface area contributed by atoms with E-state index in [2.05, 4.69) is 114 Å². The van der Waals surface area contributed by atoms with Crippen molar-refractivity contribution in [3.8, 4) is 0 Å². The van der Waals surface area contributed by atoms with Crippen LogP contribution in [0.15, 0.2) is 82.8 Å². The number of aliphatic imine (C=N–C) groups is 2. The van der Waals surface area contributed by atoms with E-state index in [1.165, 1.54) is 16.7 Å². The van der Waals surface area contributed by atoms with E-state index in [9.17, 15) is 0 Å². The van der Waals surface area contributed by atoms with E-state index in [1.54, 1.807) is 0 Å². The van der Waals surface area contributed by atoms with E-state index in [0.717, 1.165) is 28.4 Å². The molecule has 3 aromatic carbocycles. The molecule has 0 saturated carbocycles. The Kier molecular flexibility index (Phi) is 5.66. The van der Waals surface area contributed by atoms with Crippen molar-refractivity contribution in [3.05, 3.63) is 95.1 Å². The second-order valence-corrected chi connectivity index (χ2v) is 9.52. The smallest absolute Gasteiger partial charge is 0.0933 e. The van der Waals surface area contributed by atoms with Gasteiger partial charge in [0.15, 0.2) is 0 Å². The predicted octanol–water partition coefficient (Wildman–Crippen LogP) is 8.12. The maximum Gasteiger partial charge on any atom is 0.0933 e. The van der Waals surface area contributed by atoms with Crippen molar-refractivity contribution in [2.45, 2.75) is 58.8 Å². The number of rotatable bonds is 5. The number of hydrogen-bond donors (Lipinski definition) is 0. The minimum atomic E-state index is -0.212. The van der Waals surface area contributed by atoms with Crippen molar-refractivity contribution >= 4 is 22.8 Å². The predicted molar refractivity (Wildman–Crippen MR) is 134 cm³/mol. The fourth-order valence-electron chi connectivity index (χ4n) is 4.44. The Balaban J connectivity index is 2.00. The molecule has 0 spiro atoms. The van der Waals surface area contributed by atoms with Gasteiger partial charge in [-0.15, -0.1) is 0 Å². The van der Waals surface area contributed by atoms with Gasteiger partial charge in [-0.25, -0.2) is 9.98 Å². The quantitative estimate of drug-likeness (QED) is 0.381. The van der Waals surface area contributed by atoms with Crippen LogP contribution < -0.4 is 0 Å². The Labute approximate surface area is 186 Å².